The lowest BCUT2D eigenvalue weighted by Crippen LogP contribution is -2.39. The molecule has 142 valence electrons. The molecule has 2 aromatic heterocycles. The van der Waals surface area contributed by atoms with Crippen molar-refractivity contribution >= 4 is 5.65 Å². The Morgan fingerprint density at radius 3 is 2.52 bits per heavy atom. The van der Waals surface area contributed by atoms with Crippen LogP contribution >= 0.6 is 0 Å². The van der Waals surface area contributed by atoms with Crippen LogP contribution in [0.4, 0.5) is 0 Å². The van der Waals surface area contributed by atoms with Crippen LogP contribution in [0.25, 0.3) is 16.8 Å². The maximum atomic E-state index is 6.95. The van der Waals surface area contributed by atoms with Crippen LogP contribution in [-0.2, 0) is 5.54 Å². The summed E-state index contributed by atoms with van der Waals surface area (Å²) >= 11 is 0. The van der Waals surface area contributed by atoms with Gasteiger partial charge in [0.05, 0.1) is 16.9 Å². The number of fused-ring (bicyclic) bond motifs is 1. The van der Waals surface area contributed by atoms with E-state index in [4.69, 9.17) is 15.8 Å². The molecule has 0 radical (unpaired) electrons. The summed E-state index contributed by atoms with van der Waals surface area (Å²) in [4.78, 5) is 4.88. The van der Waals surface area contributed by atoms with Gasteiger partial charge in [-0.05, 0) is 63.6 Å². The first-order chi connectivity index (χ1) is 12.8. The highest BCUT2D eigenvalue weighted by atomic mass is 15.3. The molecule has 0 bridgehead atoms. The Hall–Kier alpha value is -2.20. The van der Waals surface area contributed by atoms with Crippen molar-refractivity contribution in [3.8, 4) is 11.1 Å². The van der Waals surface area contributed by atoms with Crippen molar-refractivity contribution in [2.45, 2.75) is 65.8 Å². The molecule has 4 rings (SSSR count). The van der Waals surface area contributed by atoms with Gasteiger partial charge in [-0.3, -0.25) is 0 Å². The molecule has 3 aromatic rings. The zero-order valence-electron chi connectivity index (χ0n) is 17.1. The number of aromatic nitrogens is 3. The normalized spacial score (nSPS) is 16.7. The van der Waals surface area contributed by atoms with Crippen molar-refractivity contribution < 1.29 is 0 Å². The smallest absolute Gasteiger partial charge is 0.163 e. The Morgan fingerprint density at radius 1 is 1.15 bits per heavy atom. The summed E-state index contributed by atoms with van der Waals surface area (Å²) in [5.74, 6) is 0.758. The SMILES string of the molecule is CCC(N)(CC1CC1)c1cc(C)nc2c(-c3ccc(C)cc3C)c(C)nn12. The molecule has 27 heavy (non-hydrogen) atoms. The first kappa shape index (κ1) is 18.2. The van der Waals surface area contributed by atoms with Gasteiger partial charge in [0.1, 0.15) is 0 Å². The third-order valence-corrected chi connectivity index (χ3v) is 6.03. The monoisotopic (exact) mass is 362 g/mol. The van der Waals surface area contributed by atoms with E-state index in [1.54, 1.807) is 0 Å². The lowest BCUT2D eigenvalue weighted by Gasteiger charge is -2.29. The summed E-state index contributed by atoms with van der Waals surface area (Å²) in [6.45, 7) is 10.6. The molecule has 4 nitrogen and oxygen atoms in total. The molecule has 1 unspecified atom stereocenters. The maximum absolute atomic E-state index is 6.95. The molecule has 2 N–H and O–H groups in total. The van der Waals surface area contributed by atoms with Gasteiger partial charge in [-0.15, -0.1) is 0 Å². The molecule has 2 heterocycles. The van der Waals surface area contributed by atoms with E-state index >= 15 is 0 Å². The third kappa shape index (κ3) is 3.16. The van der Waals surface area contributed by atoms with Gasteiger partial charge in [0.25, 0.3) is 0 Å². The number of nitrogens with two attached hydrogens (primary N) is 1. The standard InChI is InChI=1S/C23H30N4/c1-6-23(24,13-18-8-9-18)20-12-16(4)25-22-21(17(5)26-27(20)22)19-10-7-14(2)11-15(19)3/h7,10-12,18H,6,8-9,13,24H2,1-5H3. The van der Waals surface area contributed by atoms with Crippen molar-refractivity contribution in [2.75, 3.05) is 0 Å². The summed E-state index contributed by atoms with van der Waals surface area (Å²) in [5.41, 5.74) is 15.5. The van der Waals surface area contributed by atoms with E-state index in [2.05, 4.69) is 58.9 Å². The predicted molar refractivity (Wildman–Crippen MR) is 111 cm³/mol. The second kappa shape index (κ2) is 6.45. The Bertz CT molecular complexity index is 1010. The van der Waals surface area contributed by atoms with Crippen molar-refractivity contribution in [1.82, 2.24) is 14.6 Å². The highest BCUT2D eigenvalue weighted by Gasteiger charge is 2.36. The molecule has 1 saturated carbocycles. The maximum Gasteiger partial charge on any atom is 0.163 e. The highest BCUT2D eigenvalue weighted by Crippen LogP contribution is 2.42. The van der Waals surface area contributed by atoms with E-state index in [0.717, 1.165) is 47.1 Å². The van der Waals surface area contributed by atoms with Gasteiger partial charge in [-0.1, -0.05) is 43.5 Å². The van der Waals surface area contributed by atoms with E-state index < -0.39 is 0 Å². The molecule has 1 aromatic carbocycles. The summed E-state index contributed by atoms with van der Waals surface area (Å²) in [7, 11) is 0. The Morgan fingerprint density at radius 2 is 1.89 bits per heavy atom. The van der Waals surface area contributed by atoms with Crippen molar-refractivity contribution in [2.24, 2.45) is 11.7 Å². The summed E-state index contributed by atoms with van der Waals surface area (Å²) in [6, 6.07) is 8.71. The van der Waals surface area contributed by atoms with Crippen LogP contribution in [-0.4, -0.2) is 14.6 Å². The lowest BCUT2D eigenvalue weighted by atomic mass is 9.86. The van der Waals surface area contributed by atoms with Gasteiger partial charge in [0, 0.05) is 11.3 Å². The van der Waals surface area contributed by atoms with E-state index in [1.807, 2.05) is 4.52 Å². The fourth-order valence-electron chi connectivity index (χ4n) is 4.28. The molecule has 1 aliphatic rings. The average molecular weight is 363 g/mol. The zero-order valence-corrected chi connectivity index (χ0v) is 17.1. The number of hydrogen-bond acceptors (Lipinski definition) is 3. The van der Waals surface area contributed by atoms with E-state index in [0.29, 0.717) is 0 Å². The van der Waals surface area contributed by atoms with Gasteiger partial charge >= 0.3 is 0 Å². The van der Waals surface area contributed by atoms with Gasteiger partial charge in [-0.2, -0.15) is 5.10 Å². The van der Waals surface area contributed by atoms with E-state index in [9.17, 15) is 0 Å². The lowest BCUT2D eigenvalue weighted by molar-refractivity contribution is 0.353. The van der Waals surface area contributed by atoms with Crippen LogP contribution in [0.1, 0.15) is 60.8 Å². The summed E-state index contributed by atoms with van der Waals surface area (Å²) in [5, 5.41) is 4.91. The molecular formula is C23H30N4. The molecule has 1 fully saturated rings. The predicted octanol–water partition coefficient (Wildman–Crippen LogP) is 4.99. The number of nitrogens with zero attached hydrogens (tertiary/aromatic N) is 3. The minimum Gasteiger partial charge on any atom is -0.320 e. The Labute approximate surface area is 161 Å². The van der Waals surface area contributed by atoms with Gasteiger partial charge < -0.3 is 5.73 Å². The highest BCUT2D eigenvalue weighted by molar-refractivity contribution is 5.82. The largest absolute Gasteiger partial charge is 0.320 e. The van der Waals surface area contributed by atoms with Crippen LogP contribution in [0, 0.1) is 33.6 Å². The Balaban J connectivity index is 1.96. The van der Waals surface area contributed by atoms with Crippen molar-refractivity contribution in [3.05, 3.63) is 52.5 Å². The molecule has 0 amide bonds. The van der Waals surface area contributed by atoms with Crippen LogP contribution in [0.5, 0.6) is 0 Å². The van der Waals surface area contributed by atoms with Crippen LogP contribution < -0.4 is 5.73 Å². The minimum absolute atomic E-state index is 0.356. The Kier molecular flexibility index (Phi) is 4.34. The first-order valence-electron chi connectivity index (χ1n) is 10.1. The molecule has 1 aliphatic carbocycles. The van der Waals surface area contributed by atoms with E-state index in [1.165, 1.54) is 29.5 Å². The van der Waals surface area contributed by atoms with Crippen molar-refractivity contribution in [1.29, 1.82) is 0 Å². The van der Waals surface area contributed by atoms with E-state index in [-0.39, 0.29) is 5.54 Å². The number of hydrogen-bond donors (Lipinski definition) is 1. The molecule has 0 saturated heterocycles. The molecular weight excluding hydrogens is 332 g/mol. The van der Waals surface area contributed by atoms with Crippen molar-refractivity contribution in [3.63, 3.8) is 0 Å². The van der Waals surface area contributed by atoms with Crippen LogP contribution in [0.15, 0.2) is 24.3 Å². The zero-order chi connectivity index (χ0) is 19.3. The van der Waals surface area contributed by atoms with Gasteiger partial charge in [0.2, 0.25) is 0 Å². The quantitative estimate of drug-likeness (QED) is 0.695. The summed E-state index contributed by atoms with van der Waals surface area (Å²) in [6.07, 6.45) is 4.54. The second-order valence-corrected chi connectivity index (χ2v) is 8.45. The minimum atomic E-state index is -0.356. The number of rotatable bonds is 5. The molecule has 4 heteroatoms. The number of aryl methyl sites for hydroxylation is 4. The van der Waals surface area contributed by atoms with Crippen LogP contribution in [0.3, 0.4) is 0 Å². The molecule has 1 atom stereocenters. The average Bonchev–Trinajstić information content (AvgIpc) is 3.36. The first-order valence-corrected chi connectivity index (χ1v) is 10.1. The van der Waals surface area contributed by atoms with Gasteiger partial charge in [-0.25, -0.2) is 9.50 Å². The van der Waals surface area contributed by atoms with Gasteiger partial charge in [0.15, 0.2) is 5.65 Å². The third-order valence-electron chi connectivity index (χ3n) is 6.03. The fraction of sp³-hybridized carbons (Fsp3) is 0.478. The molecule has 0 aliphatic heterocycles. The topological polar surface area (TPSA) is 56.2 Å². The van der Waals surface area contributed by atoms with Crippen LogP contribution in [0.2, 0.25) is 0 Å². The second-order valence-electron chi connectivity index (χ2n) is 8.45. The molecule has 0 spiro atoms. The number of benzene rings is 1. The summed E-state index contributed by atoms with van der Waals surface area (Å²) < 4.78 is 2.02. The fourth-order valence-corrected chi connectivity index (χ4v) is 4.28.